The van der Waals surface area contributed by atoms with Gasteiger partial charge in [-0.15, -0.1) is 6.58 Å². The summed E-state index contributed by atoms with van der Waals surface area (Å²) < 4.78 is 87.2. The van der Waals surface area contributed by atoms with E-state index in [1.807, 2.05) is 6.08 Å². The second kappa shape index (κ2) is 9.82. The molecule has 3 aromatic rings. The molecule has 1 unspecified atom stereocenters. The number of piperidine rings is 3. The van der Waals surface area contributed by atoms with Gasteiger partial charge in [0.1, 0.15) is 24.4 Å². The smallest absolute Gasteiger partial charge is 0.416 e. The molecule has 2 aromatic carbocycles. The van der Waals surface area contributed by atoms with E-state index >= 15 is 0 Å². The maximum absolute atomic E-state index is 13.6. The molecule has 3 fully saturated rings. The van der Waals surface area contributed by atoms with Crippen LogP contribution in [0.4, 0.5) is 26.3 Å². The van der Waals surface area contributed by atoms with Gasteiger partial charge in [0.05, 0.1) is 36.8 Å². The highest BCUT2D eigenvalue weighted by molar-refractivity contribution is 5.83. The second-order valence-corrected chi connectivity index (χ2v) is 10.7. The van der Waals surface area contributed by atoms with E-state index in [2.05, 4.69) is 11.6 Å². The number of pyridine rings is 1. The molecule has 3 aliphatic rings. The van der Waals surface area contributed by atoms with Crippen molar-refractivity contribution in [1.29, 1.82) is 0 Å². The van der Waals surface area contributed by atoms with Gasteiger partial charge in [0, 0.05) is 35.9 Å². The lowest BCUT2D eigenvalue weighted by Gasteiger charge is -2.58. The van der Waals surface area contributed by atoms with Crippen LogP contribution in [0.5, 0.6) is 5.75 Å². The SMILES string of the molecule is C=C[C@@H]1C[N+]2(Cc3cc(C(F)(F)F)cc(C(F)(F)F)c3)CC[C@@H]1C[C@@H]2[C@H](O)c1ccnc2ccc(OC)cc12. The van der Waals surface area contributed by atoms with Crippen LogP contribution in [-0.4, -0.2) is 40.8 Å². The van der Waals surface area contributed by atoms with Gasteiger partial charge in [-0.05, 0) is 53.9 Å². The lowest BCUT2D eigenvalue weighted by atomic mass is 9.71. The molecule has 0 radical (unpaired) electrons. The molecule has 5 atom stereocenters. The first-order valence-corrected chi connectivity index (χ1v) is 12.7. The monoisotopic (exact) mass is 551 g/mol. The number of halogens is 6. The van der Waals surface area contributed by atoms with Crippen LogP contribution >= 0.6 is 0 Å². The Kier molecular flexibility index (Phi) is 6.91. The number of hydrogen-bond donors (Lipinski definition) is 1. The predicted octanol–water partition coefficient (Wildman–Crippen LogP) is 6.93. The van der Waals surface area contributed by atoms with Gasteiger partial charge in [0.15, 0.2) is 0 Å². The standard InChI is InChI=1S/C29H29F6N2O2/c1-3-18-16-37(15-17-10-20(28(30,31)32)13-21(11-17)29(33,34)35)9-7-19(18)12-26(37)27(38)23-6-8-36-25-5-4-22(39-2)14-24(23)25/h3-6,8,10-11,13-14,18-19,26-27,38H,1,7,9,12,15-16H2,2H3/q+1/t18-,19-,26-,27-,37?/m1/s1. The van der Waals surface area contributed by atoms with E-state index in [0.717, 1.165) is 18.6 Å². The van der Waals surface area contributed by atoms with Crippen molar-refractivity contribution < 1.29 is 40.7 Å². The van der Waals surface area contributed by atoms with Crippen LogP contribution in [0.2, 0.25) is 0 Å². The number of aliphatic hydroxyl groups is 1. The van der Waals surface area contributed by atoms with Crippen molar-refractivity contribution in [2.24, 2.45) is 11.8 Å². The Bertz CT molecular complexity index is 1360. The minimum Gasteiger partial charge on any atom is -0.497 e. The minimum atomic E-state index is -4.93. The van der Waals surface area contributed by atoms with Gasteiger partial charge in [-0.2, -0.15) is 26.3 Å². The number of benzene rings is 2. The average molecular weight is 552 g/mol. The Balaban J connectivity index is 1.60. The summed E-state index contributed by atoms with van der Waals surface area (Å²) in [4.78, 5) is 4.37. The highest BCUT2D eigenvalue weighted by Gasteiger charge is 2.54. The van der Waals surface area contributed by atoms with Crippen molar-refractivity contribution in [1.82, 2.24) is 4.98 Å². The third kappa shape index (κ3) is 5.12. The van der Waals surface area contributed by atoms with Crippen LogP contribution in [0.15, 0.2) is 61.3 Å². The van der Waals surface area contributed by atoms with E-state index in [9.17, 15) is 31.4 Å². The molecule has 3 aliphatic heterocycles. The number of ether oxygens (including phenoxy) is 1. The fourth-order valence-corrected chi connectivity index (χ4v) is 6.59. The third-order valence-corrected chi connectivity index (χ3v) is 8.49. The van der Waals surface area contributed by atoms with Crippen molar-refractivity contribution in [3.8, 4) is 5.75 Å². The Labute approximate surface area is 222 Å². The summed E-state index contributed by atoms with van der Waals surface area (Å²) in [6, 6.07) is 8.34. The summed E-state index contributed by atoms with van der Waals surface area (Å²) in [7, 11) is 1.53. The van der Waals surface area contributed by atoms with Crippen LogP contribution in [-0.2, 0) is 18.9 Å². The summed E-state index contributed by atoms with van der Waals surface area (Å²) in [5.74, 6) is 0.843. The number of nitrogens with zero attached hydrogens (tertiary/aromatic N) is 2. The summed E-state index contributed by atoms with van der Waals surface area (Å²) in [5, 5.41) is 12.5. The number of methoxy groups -OCH3 is 1. The van der Waals surface area contributed by atoms with Gasteiger partial charge in [-0.3, -0.25) is 4.98 Å². The maximum atomic E-state index is 13.6. The molecule has 1 aromatic heterocycles. The molecule has 4 nitrogen and oxygen atoms in total. The summed E-state index contributed by atoms with van der Waals surface area (Å²) in [5.41, 5.74) is -1.47. The van der Waals surface area contributed by atoms with Crippen LogP contribution in [0.25, 0.3) is 10.9 Å². The van der Waals surface area contributed by atoms with Crippen molar-refractivity contribution in [3.05, 3.63) is 83.6 Å². The molecule has 10 heteroatoms. The van der Waals surface area contributed by atoms with Crippen molar-refractivity contribution in [3.63, 3.8) is 0 Å². The van der Waals surface area contributed by atoms with E-state index in [4.69, 9.17) is 4.74 Å². The largest absolute Gasteiger partial charge is 0.497 e. The Morgan fingerprint density at radius 3 is 2.38 bits per heavy atom. The first kappa shape index (κ1) is 27.5. The second-order valence-electron chi connectivity index (χ2n) is 10.7. The molecule has 0 saturated carbocycles. The summed E-state index contributed by atoms with van der Waals surface area (Å²) >= 11 is 0. The van der Waals surface area contributed by atoms with Gasteiger partial charge >= 0.3 is 12.4 Å². The number of fused-ring (bicyclic) bond motifs is 4. The van der Waals surface area contributed by atoms with Crippen LogP contribution < -0.4 is 4.74 Å². The highest BCUT2D eigenvalue weighted by Crippen LogP contribution is 2.48. The fourth-order valence-electron chi connectivity index (χ4n) is 6.59. The topological polar surface area (TPSA) is 42.4 Å². The molecule has 6 rings (SSSR count). The quantitative estimate of drug-likeness (QED) is 0.205. The number of alkyl halides is 6. The Morgan fingerprint density at radius 1 is 1.08 bits per heavy atom. The van der Waals surface area contributed by atoms with E-state index in [1.54, 1.807) is 30.5 Å². The zero-order chi connectivity index (χ0) is 28.2. The molecular weight excluding hydrogens is 522 g/mol. The lowest BCUT2D eigenvalue weighted by molar-refractivity contribution is -0.984. The average Bonchev–Trinajstić information content (AvgIpc) is 2.90. The third-order valence-electron chi connectivity index (χ3n) is 8.49. The van der Waals surface area contributed by atoms with E-state index in [1.165, 1.54) is 7.11 Å². The minimum absolute atomic E-state index is 0.0457. The highest BCUT2D eigenvalue weighted by atomic mass is 19.4. The molecule has 3 saturated heterocycles. The summed E-state index contributed by atoms with van der Waals surface area (Å²) in [6.07, 6.45) is -6.16. The zero-order valence-electron chi connectivity index (χ0n) is 21.3. The molecule has 1 N–H and O–H groups in total. The van der Waals surface area contributed by atoms with Gasteiger partial charge in [0.25, 0.3) is 0 Å². The molecule has 0 amide bonds. The maximum Gasteiger partial charge on any atom is 0.416 e. The van der Waals surface area contributed by atoms with Gasteiger partial charge in [-0.1, -0.05) is 6.08 Å². The number of aromatic nitrogens is 1. The van der Waals surface area contributed by atoms with Crippen LogP contribution in [0.3, 0.4) is 0 Å². The van der Waals surface area contributed by atoms with Crippen molar-refractivity contribution >= 4 is 10.9 Å². The number of rotatable bonds is 6. The predicted molar refractivity (Wildman–Crippen MR) is 134 cm³/mol. The summed E-state index contributed by atoms with van der Waals surface area (Å²) in [6.45, 7) is 4.86. The zero-order valence-corrected chi connectivity index (χ0v) is 21.3. The normalized spacial score (nSPS) is 26.0. The number of quaternary nitrogens is 1. The van der Waals surface area contributed by atoms with Crippen LogP contribution in [0, 0.1) is 11.8 Å². The molecule has 0 spiro atoms. The Morgan fingerprint density at radius 2 is 1.77 bits per heavy atom. The number of aliphatic hydroxyl groups excluding tert-OH is 1. The molecule has 208 valence electrons. The first-order chi connectivity index (χ1) is 18.3. The molecular formula is C29H29F6N2O2+. The number of hydrogen-bond acceptors (Lipinski definition) is 3. The van der Waals surface area contributed by atoms with Crippen LogP contribution in [0.1, 0.15) is 41.2 Å². The molecule has 0 aliphatic carbocycles. The lowest BCUT2D eigenvalue weighted by Crippen LogP contribution is -2.67. The van der Waals surface area contributed by atoms with Gasteiger partial charge in [-0.25, -0.2) is 0 Å². The van der Waals surface area contributed by atoms with E-state index < -0.39 is 35.6 Å². The van der Waals surface area contributed by atoms with E-state index in [0.29, 0.717) is 41.7 Å². The van der Waals surface area contributed by atoms with Gasteiger partial charge < -0.3 is 14.3 Å². The Hall–Kier alpha value is -3.11. The van der Waals surface area contributed by atoms with Crippen molar-refractivity contribution in [2.45, 2.75) is 43.9 Å². The first-order valence-electron chi connectivity index (χ1n) is 12.7. The molecule has 39 heavy (non-hydrogen) atoms. The van der Waals surface area contributed by atoms with E-state index in [-0.39, 0.29) is 34.5 Å². The molecule has 2 bridgehead atoms. The van der Waals surface area contributed by atoms with Crippen molar-refractivity contribution in [2.75, 3.05) is 20.2 Å². The van der Waals surface area contributed by atoms with Gasteiger partial charge in [0.2, 0.25) is 0 Å². The molecule has 4 heterocycles. The fraction of sp³-hybridized carbons (Fsp3) is 0.414.